The summed E-state index contributed by atoms with van der Waals surface area (Å²) in [6.45, 7) is 1.91. The van der Waals surface area contributed by atoms with Crippen molar-refractivity contribution in [1.82, 2.24) is 15.8 Å². The topological polar surface area (TPSA) is 118 Å². The second-order valence-electron chi connectivity index (χ2n) is 4.70. The Labute approximate surface area is 136 Å². The zero-order chi connectivity index (χ0) is 17.0. The van der Waals surface area contributed by atoms with Crippen LogP contribution >= 0.6 is 11.8 Å². The van der Waals surface area contributed by atoms with Crippen molar-refractivity contribution in [1.29, 1.82) is 0 Å². The summed E-state index contributed by atoms with van der Waals surface area (Å²) in [5.41, 5.74) is -0.286. The van der Waals surface area contributed by atoms with Gasteiger partial charge in [0, 0.05) is 26.6 Å². The first-order chi connectivity index (χ1) is 11.0. The lowest BCUT2D eigenvalue weighted by molar-refractivity contribution is -0.118. The zero-order valence-corrected chi connectivity index (χ0v) is 13.4. The van der Waals surface area contributed by atoms with E-state index in [-0.39, 0.29) is 27.8 Å². The number of nitrogens with zero attached hydrogens (tertiary/aromatic N) is 1. The first-order valence-corrected chi connectivity index (χ1v) is 7.84. The minimum Gasteiger partial charge on any atom is -0.356 e. The van der Waals surface area contributed by atoms with Crippen LogP contribution in [0.5, 0.6) is 0 Å². The molecule has 2 N–H and O–H groups in total. The summed E-state index contributed by atoms with van der Waals surface area (Å²) in [5, 5.41) is 8.51. The highest BCUT2D eigenvalue weighted by atomic mass is 32.2. The van der Waals surface area contributed by atoms with Crippen molar-refractivity contribution in [3.63, 3.8) is 0 Å². The minimum absolute atomic E-state index is 0.0961. The van der Waals surface area contributed by atoms with Crippen LogP contribution in [0.15, 0.2) is 15.5 Å². The van der Waals surface area contributed by atoms with Gasteiger partial charge in [-0.3, -0.25) is 19.2 Å². The number of amides is 2. The smallest absolute Gasteiger partial charge is 0.274 e. The molecule has 0 radical (unpaired) electrons. The summed E-state index contributed by atoms with van der Waals surface area (Å²) in [5.74, 6) is -1.33. The van der Waals surface area contributed by atoms with E-state index in [1.54, 1.807) is 0 Å². The van der Waals surface area contributed by atoms with E-state index in [1.807, 2.05) is 0 Å². The molecular formula is C14H15N3O5S. The van der Waals surface area contributed by atoms with Crippen LogP contribution in [-0.2, 0) is 4.79 Å². The molecule has 1 aromatic rings. The molecule has 0 spiro atoms. The summed E-state index contributed by atoms with van der Waals surface area (Å²) >= 11 is 1.19. The second kappa shape index (κ2) is 7.23. The van der Waals surface area contributed by atoms with Crippen LogP contribution in [0.3, 0.4) is 0 Å². The average Bonchev–Trinajstić information content (AvgIpc) is 2.96. The van der Waals surface area contributed by atoms with E-state index in [4.69, 9.17) is 4.52 Å². The molecule has 0 saturated carbocycles. The molecule has 122 valence electrons. The molecule has 23 heavy (non-hydrogen) atoms. The third kappa shape index (κ3) is 3.67. The van der Waals surface area contributed by atoms with Crippen molar-refractivity contribution in [3.8, 4) is 0 Å². The Morgan fingerprint density at radius 2 is 2.09 bits per heavy atom. The number of aromatic nitrogens is 1. The Morgan fingerprint density at radius 1 is 1.35 bits per heavy atom. The van der Waals surface area contributed by atoms with E-state index in [9.17, 15) is 19.2 Å². The molecule has 0 fully saturated rings. The summed E-state index contributed by atoms with van der Waals surface area (Å²) in [6.07, 6.45) is 1.83. The predicted octanol–water partition coefficient (Wildman–Crippen LogP) is 0.556. The molecule has 1 heterocycles. The van der Waals surface area contributed by atoms with Crippen LogP contribution in [0, 0.1) is 0 Å². The van der Waals surface area contributed by atoms with Crippen LogP contribution in [0.2, 0.25) is 0 Å². The fourth-order valence-corrected chi connectivity index (χ4v) is 2.87. The van der Waals surface area contributed by atoms with Crippen molar-refractivity contribution >= 4 is 35.1 Å². The van der Waals surface area contributed by atoms with Gasteiger partial charge >= 0.3 is 0 Å². The van der Waals surface area contributed by atoms with E-state index in [0.717, 1.165) is 0 Å². The molecule has 0 aliphatic heterocycles. The third-order valence-corrected chi connectivity index (χ3v) is 4.13. The van der Waals surface area contributed by atoms with Crippen LogP contribution < -0.4 is 10.6 Å². The number of Topliss-reactive ketones (excluding diaryl/α,β-unsaturated/α-hetero) is 1. The molecule has 8 nitrogen and oxygen atoms in total. The summed E-state index contributed by atoms with van der Waals surface area (Å²) in [7, 11) is 1.39. The van der Waals surface area contributed by atoms with Crippen molar-refractivity contribution in [3.05, 3.63) is 28.0 Å². The number of thioether (sulfide) groups is 1. The van der Waals surface area contributed by atoms with Gasteiger partial charge in [-0.1, -0.05) is 5.16 Å². The molecule has 2 amide bonds. The van der Waals surface area contributed by atoms with Gasteiger partial charge < -0.3 is 15.2 Å². The molecule has 0 bridgehead atoms. The zero-order valence-electron chi connectivity index (χ0n) is 12.6. The molecule has 1 aliphatic carbocycles. The molecule has 0 unspecified atom stereocenters. The third-order valence-electron chi connectivity index (χ3n) is 3.02. The molecule has 1 aliphatic rings. The standard InChI is InChI=1S/C14H15N3O5S/c1-7(18)16-4-3-5-23-9-6-8(19)13-10(12(9)20)11(17-22-13)14(21)15-2/h6H,3-5H2,1-2H3,(H,15,21)(H,16,18). The lowest BCUT2D eigenvalue weighted by Gasteiger charge is -2.10. The first-order valence-electron chi connectivity index (χ1n) is 6.85. The van der Waals surface area contributed by atoms with Crippen molar-refractivity contribution in [2.24, 2.45) is 0 Å². The molecular weight excluding hydrogens is 322 g/mol. The first kappa shape index (κ1) is 16.9. The van der Waals surface area contributed by atoms with Gasteiger partial charge in [0.05, 0.1) is 4.91 Å². The minimum atomic E-state index is -0.590. The molecule has 1 aromatic heterocycles. The van der Waals surface area contributed by atoms with Crippen LogP contribution in [0.1, 0.15) is 44.7 Å². The van der Waals surface area contributed by atoms with Gasteiger partial charge in [-0.05, 0) is 12.2 Å². The van der Waals surface area contributed by atoms with Gasteiger partial charge in [-0.25, -0.2) is 0 Å². The Bertz CT molecular complexity index is 707. The van der Waals surface area contributed by atoms with Crippen LogP contribution in [0.4, 0.5) is 0 Å². The maximum Gasteiger partial charge on any atom is 0.274 e. The summed E-state index contributed by atoms with van der Waals surface area (Å²) in [6, 6.07) is 0. The van der Waals surface area contributed by atoms with Gasteiger partial charge in [-0.2, -0.15) is 0 Å². The van der Waals surface area contributed by atoms with E-state index < -0.39 is 17.5 Å². The Hall–Kier alpha value is -2.42. The van der Waals surface area contributed by atoms with Crippen molar-refractivity contribution in [2.45, 2.75) is 13.3 Å². The van der Waals surface area contributed by atoms with E-state index in [2.05, 4.69) is 15.8 Å². The fraction of sp³-hybridized carbons (Fsp3) is 0.357. The molecule has 9 heteroatoms. The monoisotopic (exact) mass is 337 g/mol. The normalized spacial score (nSPS) is 13.4. The summed E-state index contributed by atoms with van der Waals surface area (Å²) < 4.78 is 4.83. The SMILES string of the molecule is CNC(=O)c1noc2c1C(=O)C(SCCCNC(C)=O)=CC2=O. The highest BCUT2D eigenvalue weighted by Crippen LogP contribution is 2.30. The lowest BCUT2D eigenvalue weighted by atomic mass is 10.00. The maximum atomic E-state index is 12.4. The molecule has 0 saturated heterocycles. The van der Waals surface area contributed by atoms with Gasteiger partial charge in [0.25, 0.3) is 5.91 Å². The largest absolute Gasteiger partial charge is 0.356 e. The number of rotatable bonds is 6. The number of allylic oxidation sites excluding steroid dienone is 2. The number of carbonyl (C=O) groups excluding carboxylic acids is 4. The van der Waals surface area contributed by atoms with Gasteiger partial charge in [0.2, 0.25) is 23.2 Å². The van der Waals surface area contributed by atoms with Crippen LogP contribution in [-0.4, -0.2) is 47.9 Å². The van der Waals surface area contributed by atoms with Crippen LogP contribution in [0.25, 0.3) is 0 Å². The predicted molar refractivity (Wildman–Crippen MR) is 82.4 cm³/mol. The molecule has 0 atom stereocenters. The quantitative estimate of drug-likeness (QED) is 0.728. The Morgan fingerprint density at radius 3 is 2.74 bits per heavy atom. The highest BCUT2D eigenvalue weighted by molar-refractivity contribution is 8.04. The number of carbonyl (C=O) groups is 4. The molecule has 2 rings (SSSR count). The van der Waals surface area contributed by atoms with E-state index >= 15 is 0 Å². The van der Waals surface area contributed by atoms with Crippen molar-refractivity contribution < 1.29 is 23.7 Å². The number of hydrogen-bond acceptors (Lipinski definition) is 7. The number of ketones is 2. The summed E-state index contributed by atoms with van der Waals surface area (Å²) in [4.78, 5) is 47.1. The Kier molecular flexibility index (Phi) is 5.32. The number of nitrogens with one attached hydrogen (secondary N) is 2. The highest BCUT2D eigenvalue weighted by Gasteiger charge is 2.35. The van der Waals surface area contributed by atoms with Crippen molar-refractivity contribution in [2.75, 3.05) is 19.3 Å². The van der Waals surface area contributed by atoms with Gasteiger partial charge in [0.15, 0.2) is 5.69 Å². The number of hydrogen-bond donors (Lipinski definition) is 2. The molecule has 0 aromatic carbocycles. The van der Waals surface area contributed by atoms with Gasteiger partial charge in [-0.15, -0.1) is 11.8 Å². The maximum absolute atomic E-state index is 12.4. The van der Waals surface area contributed by atoms with E-state index in [1.165, 1.54) is 31.8 Å². The number of fused-ring (bicyclic) bond motifs is 1. The Balaban J connectivity index is 2.09. The fourth-order valence-electron chi connectivity index (χ4n) is 1.94. The van der Waals surface area contributed by atoms with Gasteiger partial charge in [0.1, 0.15) is 5.56 Å². The lowest BCUT2D eigenvalue weighted by Crippen LogP contribution is -2.24. The average molecular weight is 337 g/mol. The van der Waals surface area contributed by atoms with E-state index in [0.29, 0.717) is 18.7 Å². The second-order valence-corrected chi connectivity index (χ2v) is 5.84.